The summed E-state index contributed by atoms with van der Waals surface area (Å²) in [7, 11) is -4.10. The van der Waals surface area contributed by atoms with Gasteiger partial charge in [0.25, 0.3) is 15.7 Å². The number of hydrogen-bond acceptors (Lipinski definition) is 5. The molecular formula is C26H29N3O5S. The molecule has 1 N–H and O–H groups in total. The van der Waals surface area contributed by atoms with Gasteiger partial charge in [-0.1, -0.05) is 63.2 Å². The van der Waals surface area contributed by atoms with E-state index < -0.39 is 27.4 Å². The van der Waals surface area contributed by atoms with E-state index >= 15 is 0 Å². The third-order valence-corrected chi connectivity index (χ3v) is 7.41. The van der Waals surface area contributed by atoms with Crippen LogP contribution in [-0.4, -0.2) is 25.8 Å². The van der Waals surface area contributed by atoms with E-state index in [9.17, 15) is 23.3 Å². The predicted molar refractivity (Wildman–Crippen MR) is 136 cm³/mol. The smallest absolute Gasteiger partial charge is 0.269 e. The van der Waals surface area contributed by atoms with E-state index in [1.54, 1.807) is 18.2 Å². The zero-order valence-corrected chi connectivity index (χ0v) is 21.0. The first kappa shape index (κ1) is 25.9. The molecule has 0 saturated carbocycles. The average Bonchev–Trinajstić information content (AvgIpc) is 2.82. The van der Waals surface area contributed by atoms with E-state index in [1.807, 2.05) is 31.2 Å². The minimum absolute atomic E-state index is 0.00206. The first-order chi connectivity index (χ1) is 16.4. The van der Waals surface area contributed by atoms with Crippen molar-refractivity contribution in [1.29, 1.82) is 0 Å². The van der Waals surface area contributed by atoms with Gasteiger partial charge in [0.15, 0.2) is 0 Å². The first-order valence-corrected chi connectivity index (χ1v) is 12.6. The Labute approximate surface area is 205 Å². The molecule has 8 nitrogen and oxygen atoms in total. The summed E-state index contributed by atoms with van der Waals surface area (Å²) in [6, 6.07) is 20.4. The lowest BCUT2D eigenvalue weighted by molar-refractivity contribution is -0.384. The van der Waals surface area contributed by atoms with Crippen molar-refractivity contribution in [3.63, 3.8) is 0 Å². The molecular weight excluding hydrogens is 466 g/mol. The number of benzene rings is 3. The van der Waals surface area contributed by atoms with Crippen molar-refractivity contribution in [2.75, 3.05) is 10.8 Å². The molecule has 0 radical (unpaired) electrons. The zero-order chi connectivity index (χ0) is 25.8. The average molecular weight is 496 g/mol. The molecule has 0 heterocycles. The van der Waals surface area contributed by atoms with Crippen molar-refractivity contribution in [1.82, 2.24) is 5.32 Å². The fraction of sp³-hybridized carbons (Fsp3) is 0.269. The number of rotatable bonds is 8. The number of nitrogens with zero attached hydrogens (tertiary/aromatic N) is 2. The molecule has 0 aromatic heterocycles. The third-order valence-electron chi connectivity index (χ3n) is 5.62. The zero-order valence-electron chi connectivity index (χ0n) is 20.1. The summed E-state index contributed by atoms with van der Waals surface area (Å²) in [4.78, 5) is 23.4. The topological polar surface area (TPSA) is 110 Å². The highest BCUT2D eigenvalue weighted by Crippen LogP contribution is 2.27. The molecule has 0 unspecified atom stereocenters. The maximum absolute atomic E-state index is 13.4. The summed E-state index contributed by atoms with van der Waals surface area (Å²) >= 11 is 0. The molecule has 0 aliphatic heterocycles. The van der Waals surface area contributed by atoms with Gasteiger partial charge in [0.2, 0.25) is 5.91 Å². The van der Waals surface area contributed by atoms with Gasteiger partial charge >= 0.3 is 0 Å². The highest BCUT2D eigenvalue weighted by molar-refractivity contribution is 7.92. The van der Waals surface area contributed by atoms with E-state index in [0.29, 0.717) is 0 Å². The minimum Gasteiger partial charge on any atom is -0.348 e. The highest BCUT2D eigenvalue weighted by atomic mass is 32.2. The third kappa shape index (κ3) is 6.24. The molecule has 0 fully saturated rings. The van der Waals surface area contributed by atoms with Gasteiger partial charge in [-0.25, -0.2) is 8.42 Å². The summed E-state index contributed by atoms with van der Waals surface area (Å²) in [6.45, 7) is 7.69. The van der Waals surface area contributed by atoms with Crippen LogP contribution in [0.4, 0.5) is 11.4 Å². The standard InChI is InChI=1S/C26H29N3O5S/c1-19(20-10-12-21(13-11-20)26(2,3)4)27-25(30)18-28(22-14-16-23(17-15-22)29(31)32)35(33,34)24-8-6-5-7-9-24/h5-17,19H,18H2,1-4H3,(H,27,30)/t19-/m0/s1. The monoisotopic (exact) mass is 495 g/mol. The van der Waals surface area contributed by atoms with Crippen LogP contribution in [0.3, 0.4) is 0 Å². The number of nitro groups is 1. The van der Waals surface area contributed by atoms with E-state index in [1.165, 1.54) is 36.4 Å². The fourth-order valence-corrected chi connectivity index (χ4v) is 4.99. The van der Waals surface area contributed by atoms with Crippen molar-refractivity contribution >= 4 is 27.3 Å². The summed E-state index contributed by atoms with van der Waals surface area (Å²) in [5, 5.41) is 13.9. The van der Waals surface area contributed by atoms with Crippen molar-refractivity contribution in [3.05, 3.63) is 100 Å². The van der Waals surface area contributed by atoms with Crippen LogP contribution in [0.5, 0.6) is 0 Å². The van der Waals surface area contributed by atoms with Crippen LogP contribution in [-0.2, 0) is 20.2 Å². The summed E-state index contributed by atoms with van der Waals surface area (Å²) in [6.07, 6.45) is 0. The summed E-state index contributed by atoms with van der Waals surface area (Å²) in [5.41, 5.74) is 2.03. The number of carbonyl (C=O) groups excluding carboxylic acids is 1. The second-order valence-electron chi connectivity index (χ2n) is 9.26. The molecule has 1 atom stereocenters. The Bertz CT molecular complexity index is 1280. The number of hydrogen-bond donors (Lipinski definition) is 1. The molecule has 184 valence electrons. The van der Waals surface area contributed by atoms with E-state index in [2.05, 4.69) is 26.1 Å². The molecule has 3 rings (SSSR count). The van der Waals surface area contributed by atoms with Gasteiger partial charge in [-0.05, 0) is 47.7 Å². The molecule has 0 aliphatic carbocycles. The van der Waals surface area contributed by atoms with Gasteiger partial charge in [-0.15, -0.1) is 0 Å². The van der Waals surface area contributed by atoms with Crippen LogP contribution in [0.2, 0.25) is 0 Å². The Morgan fingerprint density at radius 2 is 1.54 bits per heavy atom. The molecule has 35 heavy (non-hydrogen) atoms. The van der Waals surface area contributed by atoms with Crippen LogP contribution >= 0.6 is 0 Å². The maximum Gasteiger partial charge on any atom is 0.269 e. The number of non-ortho nitro benzene ring substituents is 1. The second kappa shape index (κ2) is 10.3. The predicted octanol–water partition coefficient (Wildman–Crippen LogP) is 4.97. The van der Waals surface area contributed by atoms with Crippen LogP contribution in [0.1, 0.15) is 44.9 Å². The van der Waals surface area contributed by atoms with Crippen molar-refractivity contribution in [2.24, 2.45) is 0 Å². The van der Waals surface area contributed by atoms with Gasteiger partial charge in [0.05, 0.1) is 21.5 Å². The first-order valence-electron chi connectivity index (χ1n) is 11.1. The largest absolute Gasteiger partial charge is 0.348 e. The maximum atomic E-state index is 13.4. The molecule has 3 aromatic carbocycles. The summed E-state index contributed by atoms with van der Waals surface area (Å²) in [5.74, 6) is -0.504. The molecule has 9 heteroatoms. The van der Waals surface area contributed by atoms with E-state index in [4.69, 9.17) is 0 Å². The van der Waals surface area contributed by atoms with Gasteiger partial charge in [-0.2, -0.15) is 0 Å². The van der Waals surface area contributed by atoms with E-state index in [0.717, 1.165) is 15.4 Å². The van der Waals surface area contributed by atoms with Gasteiger partial charge < -0.3 is 5.32 Å². The van der Waals surface area contributed by atoms with Crippen molar-refractivity contribution in [2.45, 2.75) is 44.0 Å². The lowest BCUT2D eigenvalue weighted by Gasteiger charge is -2.25. The number of sulfonamides is 1. The molecule has 0 aliphatic rings. The number of anilines is 1. The molecule has 3 aromatic rings. The molecule has 0 spiro atoms. The van der Waals surface area contributed by atoms with Gasteiger partial charge in [-0.3, -0.25) is 19.2 Å². The Balaban J connectivity index is 1.85. The molecule has 0 bridgehead atoms. The van der Waals surface area contributed by atoms with Gasteiger partial charge in [0.1, 0.15) is 6.54 Å². The normalized spacial score (nSPS) is 12.6. The molecule has 1 amide bonds. The van der Waals surface area contributed by atoms with Crippen LogP contribution in [0.15, 0.2) is 83.8 Å². The summed E-state index contributed by atoms with van der Waals surface area (Å²) < 4.78 is 27.7. The van der Waals surface area contributed by atoms with Crippen molar-refractivity contribution in [3.8, 4) is 0 Å². The minimum atomic E-state index is -4.10. The van der Waals surface area contributed by atoms with Crippen molar-refractivity contribution < 1.29 is 18.1 Å². The lowest BCUT2D eigenvalue weighted by atomic mass is 9.86. The van der Waals surface area contributed by atoms with Gasteiger partial charge in [0, 0.05) is 12.1 Å². The Morgan fingerprint density at radius 1 is 0.971 bits per heavy atom. The number of carbonyl (C=O) groups is 1. The SMILES string of the molecule is C[C@H](NC(=O)CN(c1ccc([N+](=O)[O-])cc1)S(=O)(=O)c1ccccc1)c1ccc(C(C)(C)C)cc1. The van der Waals surface area contributed by atoms with E-state index in [-0.39, 0.29) is 27.7 Å². The second-order valence-corrected chi connectivity index (χ2v) is 11.1. The Kier molecular flexibility index (Phi) is 7.60. The number of nitro benzene ring substituents is 1. The Morgan fingerprint density at radius 3 is 2.06 bits per heavy atom. The van der Waals surface area contributed by atoms with Crippen LogP contribution < -0.4 is 9.62 Å². The molecule has 0 saturated heterocycles. The van der Waals surface area contributed by atoms with Crippen LogP contribution in [0, 0.1) is 10.1 Å². The highest BCUT2D eigenvalue weighted by Gasteiger charge is 2.28. The Hall–Kier alpha value is -3.72. The number of amides is 1. The van der Waals surface area contributed by atoms with Crippen LogP contribution in [0.25, 0.3) is 0 Å². The quantitative estimate of drug-likeness (QED) is 0.351. The fourth-order valence-electron chi connectivity index (χ4n) is 3.55. The number of nitrogens with one attached hydrogen (secondary N) is 1. The lowest BCUT2D eigenvalue weighted by Crippen LogP contribution is -2.41.